The molecular formula is C22H15FN2O3. The van der Waals surface area contributed by atoms with Crippen molar-refractivity contribution in [2.45, 2.75) is 5.92 Å². The number of nitro groups is 1. The van der Waals surface area contributed by atoms with E-state index in [2.05, 4.69) is 5.32 Å². The normalized spacial score (nSPS) is 16.8. The van der Waals surface area contributed by atoms with Crippen molar-refractivity contribution in [3.63, 3.8) is 0 Å². The van der Waals surface area contributed by atoms with Crippen LogP contribution in [0.2, 0.25) is 0 Å². The third-order valence-corrected chi connectivity index (χ3v) is 4.77. The second kappa shape index (κ2) is 7.08. The summed E-state index contributed by atoms with van der Waals surface area (Å²) in [6.07, 6.45) is 1.45. The first-order valence-electron chi connectivity index (χ1n) is 8.66. The van der Waals surface area contributed by atoms with Crippen LogP contribution >= 0.6 is 0 Å². The topological polar surface area (TPSA) is 72.2 Å². The number of rotatable bonds is 4. The number of hydrogen-bond acceptors (Lipinski definition) is 4. The Morgan fingerprint density at radius 1 is 0.964 bits per heavy atom. The molecule has 0 amide bonds. The predicted octanol–water partition coefficient (Wildman–Crippen LogP) is 5.06. The zero-order valence-corrected chi connectivity index (χ0v) is 14.6. The molecule has 3 aromatic carbocycles. The summed E-state index contributed by atoms with van der Waals surface area (Å²) in [5.41, 5.74) is 1.97. The molecule has 1 unspecified atom stereocenters. The van der Waals surface area contributed by atoms with Gasteiger partial charge in [0.05, 0.1) is 10.5 Å². The van der Waals surface area contributed by atoms with Gasteiger partial charge in [-0.2, -0.15) is 0 Å². The summed E-state index contributed by atoms with van der Waals surface area (Å²) in [5, 5.41) is 14.1. The fourth-order valence-electron chi connectivity index (χ4n) is 3.53. The first-order chi connectivity index (χ1) is 13.6. The molecule has 0 spiro atoms. The summed E-state index contributed by atoms with van der Waals surface area (Å²) in [6, 6.07) is 20.0. The van der Waals surface area contributed by atoms with E-state index in [1.165, 1.54) is 18.3 Å². The Bertz CT molecular complexity index is 1110. The first-order valence-corrected chi connectivity index (χ1v) is 8.66. The van der Waals surface area contributed by atoms with Gasteiger partial charge in [0.25, 0.3) is 5.69 Å². The molecule has 0 bridgehead atoms. The monoisotopic (exact) mass is 374 g/mol. The second-order valence-corrected chi connectivity index (χ2v) is 6.40. The van der Waals surface area contributed by atoms with E-state index in [0.29, 0.717) is 11.1 Å². The van der Waals surface area contributed by atoms with Crippen molar-refractivity contribution in [1.29, 1.82) is 0 Å². The van der Waals surface area contributed by atoms with Crippen LogP contribution in [-0.4, -0.2) is 10.7 Å². The fraction of sp³-hybridized carbons (Fsp3) is 0.0455. The largest absolute Gasteiger partial charge is 0.356 e. The van der Waals surface area contributed by atoms with Crippen LogP contribution in [0, 0.1) is 15.9 Å². The van der Waals surface area contributed by atoms with E-state index in [0.717, 1.165) is 5.56 Å². The lowest BCUT2D eigenvalue weighted by atomic mass is 9.90. The van der Waals surface area contributed by atoms with Crippen LogP contribution in [-0.2, 0) is 0 Å². The number of para-hydroxylation sites is 2. The molecule has 1 aliphatic carbocycles. The maximum Gasteiger partial charge on any atom is 0.292 e. The minimum atomic E-state index is -0.572. The lowest BCUT2D eigenvalue weighted by molar-refractivity contribution is -0.383. The highest BCUT2D eigenvalue weighted by atomic mass is 19.1. The van der Waals surface area contributed by atoms with E-state index in [1.54, 1.807) is 30.3 Å². The summed E-state index contributed by atoms with van der Waals surface area (Å²) >= 11 is 0. The third kappa shape index (κ3) is 2.95. The molecule has 0 heterocycles. The molecule has 4 rings (SSSR count). The van der Waals surface area contributed by atoms with Crippen LogP contribution in [0.15, 0.2) is 84.6 Å². The number of carbonyl (C=O) groups is 1. The van der Waals surface area contributed by atoms with Crippen molar-refractivity contribution < 1.29 is 14.1 Å². The highest BCUT2D eigenvalue weighted by molar-refractivity contribution is 6.15. The van der Waals surface area contributed by atoms with Crippen molar-refractivity contribution in [2.24, 2.45) is 0 Å². The maximum absolute atomic E-state index is 14.4. The molecule has 1 aliphatic rings. The highest BCUT2D eigenvalue weighted by Crippen LogP contribution is 2.43. The fourth-order valence-corrected chi connectivity index (χ4v) is 3.53. The Morgan fingerprint density at radius 3 is 2.43 bits per heavy atom. The number of carbonyl (C=O) groups excluding carboxylic acids is 1. The number of nitrogens with zero attached hydrogens (tertiary/aromatic N) is 1. The minimum Gasteiger partial charge on any atom is -0.356 e. The number of allylic oxidation sites excluding steroid dienone is 1. The van der Waals surface area contributed by atoms with Crippen LogP contribution in [0.4, 0.5) is 15.8 Å². The average molecular weight is 374 g/mol. The number of benzene rings is 3. The molecule has 0 aromatic heterocycles. The molecule has 0 saturated carbocycles. The molecule has 1 N–H and O–H groups in total. The predicted molar refractivity (Wildman–Crippen MR) is 104 cm³/mol. The molecule has 0 fully saturated rings. The molecule has 28 heavy (non-hydrogen) atoms. The van der Waals surface area contributed by atoms with E-state index in [1.807, 2.05) is 30.3 Å². The number of ketones is 1. The van der Waals surface area contributed by atoms with Crippen molar-refractivity contribution in [1.82, 2.24) is 0 Å². The van der Waals surface area contributed by atoms with Crippen molar-refractivity contribution in [2.75, 3.05) is 5.32 Å². The van der Waals surface area contributed by atoms with Gasteiger partial charge in [0, 0.05) is 23.8 Å². The maximum atomic E-state index is 14.4. The van der Waals surface area contributed by atoms with Gasteiger partial charge < -0.3 is 5.32 Å². The standard InChI is InChI=1S/C22H15FN2O3/c23-17-10-6-9-15-20(14-7-2-1-3-8-14)16(22(26)21(15)17)13-24-18-11-4-5-12-19(18)25(27)28/h1-13,20,24H. The van der Waals surface area contributed by atoms with E-state index in [9.17, 15) is 19.3 Å². The first kappa shape index (κ1) is 17.6. The van der Waals surface area contributed by atoms with Crippen molar-refractivity contribution >= 4 is 17.2 Å². The van der Waals surface area contributed by atoms with Crippen molar-refractivity contribution in [3.8, 4) is 0 Å². The Balaban J connectivity index is 1.81. The van der Waals surface area contributed by atoms with E-state index >= 15 is 0 Å². The zero-order chi connectivity index (χ0) is 19.7. The van der Waals surface area contributed by atoms with Crippen LogP contribution in [0.5, 0.6) is 0 Å². The molecule has 0 aliphatic heterocycles. The van der Waals surface area contributed by atoms with Crippen LogP contribution in [0.3, 0.4) is 0 Å². The number of nitrogens with one attached hydrogen (secondary N) is 1. The Morgan fingerprint density at radius 2 is 1.68 bits per heavy atom. The molecule has 0 radical (unpaired) electrons. The van der Waals surface area contributed by atoms with Crippen LogP contribution in [0.1, 0.15) is 27.4 Å². The lowest BCUT2D eigenvalue weighted by Gasteiger charge is -2.14. The van der Waals surface area contributed by atoms with E-state index < -0.39 is 22.4 Å². The summed E-state index contributed by atoms with van der Waals surface area (Å²) in [5.74, 6) is -1.44. The molecule has 3 aromatic rings. The third-order valence-electron chi connectivity index (χ3n) is 4.77. The summed E-state index contributed by atoms with van der Waals surface area (Å²) in [7, 11) is 0. The van der Waals surface area contributed by atoms with Crippen LogP contribution < -0.4 is 5.32 Å². The molecular weight excluding hydrogens is 359 g/mol. The van der Waals surface area contributed by atoms with Crippen LogP contribution in [0.25, 0.3) is 0 Å². The van der Waals surface area contributed by atoms with E-state index in [-0.39, 0.29) is 16.9 Å². The van der Waals surface area contributed by atoms with Gasteiger partial charge in [0.15, 0.2) is 5.78 Å². The van der Waals surface area contributed by atoms with E-state index in [4.69, 9.17) is 0 Å². The Kier molecular flexibility index (Phi) is 4.45. The molecule has 6 heteroatoms. The van der Waals surface area contributed by atoms with Gasteiger partial charge in [-0.1, -0.05) is 54.6 Å². The lowest BCUT2D eigenvalue weighted by Crippen LogP contribution is -2.06. The second-order valence-electron chi connectivity index (χ2n) is 6.40. The molecule has 138 valence electrons. The van der Waals surface area contributed by atoms with Gasteiger partial charge >= 0.3 is 0 Å². The number of Topliss-reactive ketones (excluding diaryl/α,β-unsaturated/α-hetero) is 1. The number of fused-ring (bicyclic) bond motifs is 1. The smallest absolute Gasteiger partial charge is 0.292 e. The number of hydrogen-bond donors (Lipinski definition) is 1. The van der Waals surface area contributed by atoms with Gasteiger partial charge in [0.2, 0.25) is 0 Å². The van der Waals surface area contributed by atoms with Gasteiger partial charge in [0.1, 0.15) is 11.5 Å². The average Bonchev–Trinajstić information content (AvgIpc) is 3.00. The van der Waals surface area contributed by atoms with Gasteiger partial charge in [-0.25, -0.2) is 4.39 Å². The van der Waals surface area contributed by atoms with Gasteiger partial charge in [-0.05, 0) is 23.3 Å². The quantitative estimate of drug-likeness (QED) is 0.394. The molecule has 5 nitrogen and oxygen atoms in total. The minimum absolute atomic E-state index is 0.0481. The summed E-state index contributed by atoms with van der Waals surface area (Å²) in [6.45, 7) is 0. The summed E-state index contributed by atoms with van der Waals surface area (Å²) < 4.78 is 14.4. The molecule has 1 atom stereocenters. The van der Waals surface area contributed by atoms with Gasteiger partial charge in [-0.3, -0.25) is 14.9 Å². The highest BCUT2D eigenvalue weighted by Gasteiger charge is 2.37. The molecule has 0 saturated heterocycles. The SMILES string of the molecule is O=C1C(=CNc2ccccc2[N+](=O)[O-])C(c2ccccc2)c2cccc(F)c21. The summed E-state index contributed by atoms with van der Waals surface area (Å²) in [4.78, 5) is 23.7. The number of halogens is 1. The van der Waals surface area contributed by atoms with Crippen molar-refractivity contribution in [3.05, 3.63) is 117 Å². The number of nitro benzene ring substituents is 1. The number of anilines is 1. The Hall–Kier alpha value is -3.80. The van der Waals surface area contributed by atoms with Gasteiger partial charge in [-0.15, -0.1) is 0 Å². The zero-order valence-electron chi connectivity index (χ0n) is 14.6. The Labute approximate surface area is 160 Å².